The fraction of sp³-hybridized carbons (Fsp3) is 0.300. The number of amides is 1. The Balaban J connectivity index is 1.75. The SMILES string of the molecule is CCCCOc1ccc(OCC(=O)NN=Cc2ccccc2OC)cc1. The van der Waals surface area contributed by atoms with Crippen LogP contribution in [-0.4, -0.2) is 32.4 Å². The topological polar surface area (TPSA) is 69.2 Å². The Hall–Kier alpha value is -3.02. The number of hydrogen-bond acceptors (Lipinski definition) is 5. The van der Waals surface area contributed by atoms with Gasteiger partial charge in [-0.05, 0) is 42.8 Å². The summed E-state index contributed by atoms with van der Waals surface area (Å²) in [5.41, 5.74) is 3.20. The van der Waals surface area contributed by atoms with Crippen molar-refractivity contribution in [2.45, 2.75) is 19.8 Å². The summed E-state index contributed by atoms with van der Waals surface area (Å²) in [6.45, 7) is 2.69. The summed E-state index contributed by atoms with van der Waals surface area (Å²) in [5.74, 6) is 1.72. The van der Waals surface area contributed by atoms with Crippen molar-refractivity contribution in [3.8, 4) is 17.2 Å². The third kappa shape index (κ3) is 6.47. The zero-order valence-corrected chi connectivity index (χ0v) is 15.1. The Labute approximate surface area is 153 Å². The molecule has 0 fully saturated rings. The second-order valence-electron chi connectivity index (χ2n) is 5.50. The van der Waals surface area contributed by atoms with Crippen LogP contribution in [0.25, 0.3) is 0 Å². The van der Waals surface area contributed by atoms with E-state index in [-0.39, 0.29) is 12.5 Å². The summed E-state index contributed by atoms with van der Waals surface area (Å²) in [6.07, 6.45) is 3.64. The number of nitrogens with one attached hydrogen (secondary N) is 1. The van der Waals surface area contributed by atoms with Gasteiger partial charge in [-0.15, -0.1) is 0 Å². The molecule has 0 aliphatic rings. The van der Waals surface area contributed by atoms with Gasteiger partial charge in [0.05, 0.1) is 19.9 Å². The first kappa shape index (κ1) is 19.3. The third-order valence-corrected chi connectivity index (χ3v) is 3.49. The minimum absolute atomic E-state index is 0.126. The molecule has 0 spiro atoms. The van der Waals surface area contributed by atoms with Crippen molar-refractivity contribution in [1.82, 2.24) is 5.43 Å². The predicted molar refractivity (Wildman–Crippen MR) is 101 cm³/mol. The van der Waals surface area contributed by atoms with Crippen LogP contribution in [0.4, 0.5) is 0 Å². The number of unbranched alkanes of at least 4 members (excludes halogenated alkanes) is 1. The van der Waals surface area contributed by atoms with E-state index < -0.39 is 0 Å². The molecule has 0 aromatic heterocycles. The van der Waals surface area contributed by atoms with Gasteiger partial charge in [0.15, 0.2) is 6.61 Å². The fourth-order valence-corrected chi connectivity index (χ4v) is 2.09. The molecule has 6 heteroatoms. The van der Waals surface area contributed by atoms with Gasteiger partial charge in [-0.3, -0.25) is 4.79 Å². The van der Waals surface area contributed by atoms with Crippen LogP contribution in [0.3, 0.4) is 0 Å². The molecule has 0 bridgehead atoms. The van der Waals surface area contributed by atoms with Gasteiger partial charge in [0.1, 0.15) is 17.2 Å². The average Bonchev–Trinajstić information content (AvgIpc) is 2.68. The lowest BCUT2D eigenvalue weighted by atomic mass is 10.2. The molecule has 0 atom stereocenters. The van der Waals surface area contributed by atoms with E-state index in [1.54, 1.807) is 19.2 Å². The van der Waals surface area contributed by atoms with E-state index in [4.69, 9.17) is 14.2 Å². The molecule has 0 aliphatic heterocycles. The number of nitrogens with zero attached hydrogens (tertiary/aromatic N) is 1. The minimum atomic E-state index is -0.348. The number of carbonyl (C=O) groups excluding carboxylic acids is 1. The van der Waals surface area contributed by atoms with Crippen molar-refractivity contribution in [1.29, 1.82) is 0 Å². The van der Waals surface area contributed by atoms with Gasteiger partial charge in [0.2, 0.25) is 0 Å². The Morgan fingerprint density at radius 3 is 2.46 bits per heavy atom. The van der Waals surface area contributed by atoms with E-state index in [9.17, 15) is 4.79 Å². The normalized spacial score (nSPS) is 10.5. The zero-order valence-electron chi connectivity index (χ0n) is 15.1. The van der Waals surface area contributed by atoms with Crippen molar-refractivity contribution < 1.29 is 19.0 Å². The van der Waals surface area contributed by atoms with E-state index >= 15 is 0 Å². The first-order chi connectivity index (χ1) is 12.7. The summed E-state index contributed by atoms with van der Waals surface area (Å²) in [4.78, 5) is 11.8. The molecule has 0 radical (unpaired) electrons. The van der Waals surface area contributed by atoms with Gasteiger partial charge in [-0.2, -0.15) is 5.10 Å². The van der Waals surface area contributed by atoms with E-state index in [1.807, 2.05) is 36.4 Å². The molecule has 2 aromatic rings. The quantitative estimate of drug-likeness (QED) is 0.402. The molecular formula is C20H24N2O4. The van der Waals surface area contributed by atoms with Crippen molar-refractivity contribution >= 4 is 12.1 Å². The fourth-order valence-electron chi connectivity index (χ4n) is 2.09. The smallest absolute Gasteiger partial charge is 0.277 e. The van der Waals surface area contributed by atoms with E-state index in [0.717, 1.165) is 24.2 Å². The molecule has 0 saturated heterocycles. The number of ether oxygens (including phenoxy) is 3. The highest BCUT2D eigenvalue weighted by Crippen LogP contribution is 2.18. The van der Waals surface area contributed by atoms with Gasteiger partial charge < -0.3 is 14.2 Å². The van der Waals surface area contributed by atoms with Crippen LogP contribution in [0.2, 0.25) is 0 Å². The lowest BCUT2D eigenvalue weighted by molar-refractivity contribution is -0.123. The van der Waals surface area contributed by atoms with Crippen molar-refractivity contribution in [2.75, 3.05) is 20.3 Å². The van der Waals surface area contributed by atoms with Crippen molar-refractivity contribution in [3.05, 3.63) is 54.1 Å². The highest BCUT2D eigenvalue weighted by Gasteiger charge is 2.03. The lowest BCUT2D eigenvalue weighted by Gasteiger charge is -2.08. The Bertz CT molecular complexity index is 714. The summed E-state index contributed by atoms with van der Waals surface area (Å²) in [7, 11) is 1.58. The van der Waals surface area contributed by atoms with Crippen LogP contribution >= 0.6 is 0 Å². The molecule has 1 amide bonds. The molecular weight excluding hydrogens is 332 g/mol. The number of rotatable bonds is 10. The number of hydrazone groups is 1. The number of hydrogen-bond donors (Lipinski definition) is 1. The number of methoxy groups -OCH3 is 1. The van der Waals surface area contributed by atoms with E-state index in [1.165, 1.54) is 6.21 Å². The average molecular weight is 356 g/mol. The minimum Gasteiger partial charge on any atom is -0.496 e. The first-order valence-electron chi connectivity index (χ1n) is 8.53. The molecule has 2 aromatic carbocycles. The molecule has 6 nitrogen and oxygen atoms in total. The second-order valence-corrected chi connectivity index (χ2v) is 5.50. The summed E-state index contributed by atoms with van der Waals surface area (Å²) >= 11 is 0. The van der Waals surface area contributed by atoms with Gasteiger partial charge >= 0.3 is 0 Å². The number of para-hydroxylation sites is 1. The predicted octanol–water partition coefficient (Wildman–Crippen LogP) is 3.40. The van der Waals surface area contributed by atoms with E-state index in [0.29, 0.717) is 18.1 Å². The van der Waals surface area contributed by atoms with Gasteiger partial charge in [-0.1, -0.05) is 25.5 Å². The van der Waals surface area contributed by atoms with Gasteiger partial charge in [-0.25, -0.2) is 5.43 Å². The van der Waals surface area contributed by atoms with E-state index in [2.05, 4.69) is 17.5 Å². The molecule has 26 heavy (non-hydrogen) atoms. The van der Waals surface area contributed by atoms with Gasteiger partial charge in [0.25, 0.3) is 5.91 Å². The first-order valence-corrected chi connectivity index (χ1v) is 8.53. The lowest BCUT2D eigenvalue weighted by Crippen LogP contribution is -2.24. The van der Waals surface area contributed by atoms with Crippen LogP contribution < -0.4 is 19.6 Å². The van der Waals surface area contributed by atoms with Crippen LogP contribution in [0.5, 0.6) is 17.2 Å². The second kappa shape index (κ2) is 10.8. The Morgan fingerprint density at radius 2 is 1.77 bits per heavy atom. The molecule has 138 valence electrons. The maximum Gasteiger partial charge on any atom is 0.277 e. The summed E-state index contributed by atoms with van der Waals surface area (Å²) in [5, 5.41) is 3.91. The van der Waals surface area contributed by atoms with Crippen molar-refractivity contribution in [2.24, 2.45) is 5.10 Å². The monoisotopic (exact) mass is 356 g/mol. The zero-order chi connectivity index (χ0) is 18.6. The number of carbonyl (C=O) groups is 1. The number of benzene rings is 2. The molecule has 0 aliphatic carbocycles. The Morgan fingerprint density at radius 1 is 1.08 bits per heavy atom. The molecule has 1 N–H and O–H groups in total. The summed E-state index contributed by atoms with van der Waals surface area (Å²) < 4.78 is 16.2. The maximum atomic E-state index is 11.8. The largest absolute Gasteiger partial charge is 0.496 e. The molecule has 0 saturated carbocycles. The van der Waals surface area contributed by atoms with Crippen molar-refractivity contribution in [3.63, 3.8) is 0 Å². The molecule has 2 rings (SSSR count). The van der Waals surface area contributed by atoms with Gasteiger partial charge in [0, 0.05) is 5.56 Å². The summed E-state index contributed by atoms with van der Waals surface area (Å²) in [6, 6.07) is 14.6. The highest BCUT2D eigenvalue weighted by atomic mass is 16.5. The van der Waals surface area contributed by atoms with Crippen LogP contribution in [0, 0.1) is 0 Å². The standard InChI is InChI=1S/C20H24N2O4/c1-3-4-13-25-17-9-11-18(12-10-17)26-15-20(23)22-21-14-16-7-5-6-8-19(16)24-2/h5-12,14H,3-4,13,15H2,1-2H3,(H,22,23). The maximum absolute atomic E-state index is 11.8. The molecule has 0 unspecified atom stereocenters. The van der Waals surface area contributed by atoms with Crippen LogP contribution in [-0.2, 0) is 4.79 Å². The Kier molecular flexibility index (Phi) is 7.99. The highest BCUT2D eigenvalue weighted by molar-refractivity contribution is 5.85. The van der Waals surface area contributed by atoms with Crippen LogP contribution in [0.15, 0.2) is 53.6 Å². The molecule has 0 heterocycles. The van der Waals surface area contributed by atoms with Crippen LogP contribution in [0.1, 0.15) is 25.3 Å². The third-order valence-electron chi connectivity index (χ3n) is 3.49.